The third-order valence-corrected chi connectivity index (χ3v) is 4.89. The van der Waals surface area contributed by atoms with Gasteiger partial charge in [-0.05, 0) is 36.8 Å². The molecular weight excluding hydrogens is 256 g/mol. The summed E-state index contributed by atoms with van der Waals surface area (Å²) in [6, 6.07) is 9.79. The predicted molar refractivity (Wildman–Crippen MR) is 91.6 cm³/mol. The Balaban J connectivity index is 2.08. The molecule has 1 aromatic carbocycles. The molecule has 2 nitrogen and oxygen atoms in total. The third kappa shape index (κ3) is 4.08. The van der Waals surface area contributed by atoms with Crippen LogP contribution in [0.3, 0.4) is 0 Å². The average Bonchev–Trinajstić information content (AvgIpc) is 2.41. The van der Waals surface area contributed by atoms with Crippen LogP contribution >= 0.6 is 0 Å². The molecule has 1 aliphatic heterocycles. The van der Waals surface area contributed by atoms with Crippen molar-refractivity contribution in [2.24, 2.45) is 5.92 Å². The van der Waals surface area contributed by atoms with Gasteiger partial charge in [0.2, 0.25) is 0 Å². The highest BCUT2D eigenvalue weighted by atomic mass is 15.3. The van der Waals surface area contributed by atoms with Crippen molar-refractivity contribution >= 4 is 0 Å². The first-order valence-electron chi connectivity index (χ1n) is 8.37. The molecule has 1 aromatic rings. The maximum atomic E-state index is 3.71. The van der Waals surface area contributed by atoms with E-state index >= 15 is 0 Å². The van der Waals surface area contributed by atoms with Crippen LogP contribution < -0.4 is 5.32 Å². The van der Waals surface area contributed by atoms with Gasteiger partial charge in [-0.2, -0.15) is 0 Å². The van der Waals surface area contributed by atoms with Crippen molar-refractivity contribution in [2.75, 3.05) is 13.1 Å². The molecule has 0 bridgehead atoms. The lowest BCUT2D eigenvalue weighted by Crippen LogP contribution is -2.62. The number of piperazine rings is 1. The molecule has 1 unspecified atom stereocenters. The van der Waals surface area contributed by atoms with Crippen molar-refractivity contribution in [3.05, 3.63) is 35.4 Å². The monoisotopic (exact) mass is 288 g/mol. The molecule has 0 spiro atoms. The van der Waals surface area contributed by atoms with Crippen molar-refractivity contribution in [1.82, 2.24) is 10.2 Å². The lowest BCUT2D eigenvalue weighted by Gasteiger charge is -2.47. The van der Waals surface area contributed by atoms with Gasteiger partial charge in [0, 0.05) is 31.2 Å². The van der Waals surface area contributed by atoms with Gasteiger partial charge in [0.05, 0.1) is 0 Å². The topological polar surface area (TPSA) is 15.3 Å². The summed E-state index contributed by atoms with van der Waals surface area (Å²) < 4.78 is 0. The summed E-state index contributed by atoms with van der Waals surface area (Å²) in [7, 11) is 0. The Morgan fingerprint density at radius 1 is 1.14 bits per heavy atom. The van der Waals surface area contributed by atoms with Gasteiger partial charge >= 0.3 is 0 Å². The quantitative estimate of drug-likeness (QED) is 0.900. The molecule has 0 radical (unpaired) electrons. The smallest absolute Gasteiger partial charge is 0.0281 e. The van der Waals surface area contributed by atoms with Crippen molar-refractivity contribution in [3.63, 3.8) is 0 Å². The summed E-state index contributed by atoms with van der Waals surface area (Å²) in [6.45, 7) is 17.1. The number of nitrogens with zero attached hydrogens (tertiary/aromatic N) is 1. The van der Waals surface area contributed by atoms with Crippen LogP contribution in [-0.2, 0) is 6.54 Å². The minimum absolute atomic E-state index is 0.224. The fraction of sp³-hybridized carbons (Fsp3) is 0.684. The van der Waals surface area contributed by atoms with E-state index < -0.39 is 0 Å². The molecule has 1 saturated heterocycles. The number of benzene rings is 1. The molecule has 1 aliphatic rings. The van der Waals surface area contributed by atoms with Gasteiger partial charge in [-0.15, -0.1) is 0 Å². The van der Waals surface area contributed by atoms with Gasteiger partial charge in [0.15, 0.2) is 0 Å². The predicted octanol–water partition coefficient (Wildman–Crippen LogP) is 4.02. The van der Waals surface area contributed by atoms with E-state index in [0.717, 1.165) is 19.6 Å². The second kappa shape index (κ2) is 6.50. The summed E-state index contributed by atoms with van der Waals surface area (Å²) in [5.74, 6) is 1.30. The molecule has 1 heterocycles. The maximum Gasteiger partial charge on any atom is 0.0281 e. The zero-order valence-corrected chi connectivity index (χ0v) is 14.6. The molecule has 0 aliphatic carbocycles. The van der Waals surface area contributed by atoms with Crippen LogP contribution in [0.2, 0.25) is 0 Å². The van der Waals surface area contributed by atoms with Crippen molar-refractivity contribution in [1.29, 1.82) is 0 Å². The van der Waals surface area contributed by atoms with E-state index in [1.807, 2.05) is 0 Å². The lowest BCUT2D eigenvalue weighted by molar-refractivity contribution is 0.0475. The second-order valence-corrected chi connectivity index (χ2v) is 7.82. The molecule has 0 saturated carbocycles. The Labute approximate surface area is 130 Å². The number of hydrogen-bond acceptors (Lipinski definition) is 2. The Bertz CT molecular complexity index is 445. The number of rotatable bonds is 4. The standard InChI is InChI=1S/C19H32N2/c1-14(2)17-9-7-16(8-10-17)11-21-12-18(15(3)4)20-13-19(21,5)6/h7-10,14-15,18,20H,11-13H2,1-6H3. The highest BCUT2D eigenvalue weighted by Crippen LogP contribution is 2.24. The molecule has 0 aromatic heterocycles. The molecule has 0 amide bonds. The molecule has 1 atom stereocenters. The SMILES string of the molecule is CC(C)c1ccc(CN2CC(C(C)C)NCC2(C)C)cc1. The zero-order valence-electron chi connectivity index (χ0n) is 14.6. The number of hydrogen-bond donors (Lipinski definition) is 1. The summed E-state index contributed by atoms with van der Waals surface area (Å²) in [4.78, 5) is 2.64. The first-order valence-corrected chi connectivity index (χ1v) is 8.37. The normalized spacial score (nSPS) is 23.0. The molecule has 1 fully saturated rings. The fourth-order valence-corrected chi connectivity index (χ4v) is 3.00. The Morgan fingerprint density at radius 3 is 2.29 bits per heavy atom. The van der Waals surface area contributed by atoms with E-state index in [1.165, 1.54) is 11.1 Å². The van der Waals surface area contributed by atoms with E-state index in [1.54, 1.807) is 0 Å². The molecular formula is C19H32N2. The van der Waals surface area contributed by atoms with E-state index in [0.29, 0.717) is 17.9 Å². The van der Waals surface area contributed by atoms with Crippen LogP contribution in [0, 0.1) is 5.92 Å². The van der Waals surface area contributed by atoms with E-state index in [4.69, 9.17) is 0 Å². The average molecular weight is 288 g/mol. The van der Waals surface area contributed by atoms with Gasteiger partial charge in [-0.1, -0.05) is 52.0 Å². The fourth-order valence-electron chi connectivity index (χ4n) is 3.00. The van der Waals surface area contributed by atoms with Crippen LogP contribution in [0.25, 0.3) is 0 Å². The Hall–Kier alpha value is -0.860. The van der Waals surface area contributed by atoms with Crippen LogP contribution in [0.15, 0.2) is 24.3 Å². The largest absolute Gasteiger partial charge is 0.311 e. The first-order chi connectivity index (χ1) is 9.79. The molecule has 2 rings (SSSR count). The highest BCUT2D eigenvalue weighted by molar-refractivity contribution is 5.25. The summed E-state index contributed by atoms with van der Waals surface area (Å²) in [6.07, 6.45) is 0. The molecule has 1 N–H and O–H groups in total. The third-order valence-electron chi connectivity index (χ3n) is 4.89. The minimum atomic E-state index is 0.224. The second-order valence-electron chi connectivity index (χ2n) is 7.82. The van der Waals surface area contributed by atoms with Gasteiger partial charge in [-0.25, -0.2) is 0 Å². The van der Waals surface area contributed by atoms with Crippen molar-refractivity contribution < 1.29 is 0 Å². The maximum absolute atomic E-state index is 3.71. The van der Waals surface area contributed by atoms with Crippen molar-refractivity contribution in [3.8, 4) is 0 Å². The summed E-state index contributed by atoms with van der Waals surface area (Å²) in [5.41, 5.74) is 3.08. The van der Waals surface area contributed by atoms with Gasteiger partial charge in [-0.3, -0.25) is 4.90 Å². The summed E-state index contributed by atoms with van der Waals surface area (Å²) in [5, 5.41) is 3.71. The minimum Gasteiger partial charge on any atom is -0.311 e. The van der Waals surface area contributed by atoms with E-state index in [2.05, 4.69) is 76.0 Å². The van der Waals surface area contributed by atoms with Gasteiger partial charge in [0.25, 0.3) is 0 Å². The van der Waals surface area contributed by atoms with Gasteiger partial charge in [0.1, 0.15) is 0 Å². The summed E-state index contributed by atoms with van der Waals surface area (Å²) >= 11 is 0. The molecule has 2 heteroatoms. The van der Waals surface area contributed by atoms with Crippen molar-refractivity contribution in [2.45, 2.75) is 65.6 Å². The zero-order chi connectivity index (χ0) is 15.6. The van der Waals surface area contributed by atoms with Crippen LogP contribution in [0.4, 0.5) is 0 Å². The molecule has 118 valence electrons. The van der Waals surface area contributed by atoms with Crippen LogP contribution in [0.1, 0.15) is 58.6 Å². The first kappa shape index (κ1) is 16.5. The Kier molecular flexibility index (Phi) is 5.11. The van der Waals surface area contributed by atoms with E-state index in [-0.39, 0.29) is 5.54 Å². The van der Waals surface area contributed by atoms with Crippen LogP contribution in [-0.4, -0.2) is 29.6 Å². The van der Waals surface area contributed by atoms with Crippen LogP contribution in [0.5, 0.6) is 0 Å². The highest BCUT2D eigenvalue weighted by Gasteiger charge is 2.34. The van der Waals surface area contributed by atoms with Gasteiger partial charge < -0.3 is 5.32 Å². The van der Waals surface area contributed by atoms with E-state index in [9.17, 15) is 0 Å². The number of nitrogens with one attached hydrogen (secondary N) is 1. The molecule has 21 heavy (non-hydrogen) atoms. The Morgan fingerprint density at radius 2 is 1.76 bits per heavy atom. The lowest BCUT2D eigenvalue weighted by atomic mass is 9.92.